The summed E-state index contributed by atoms with van der Waals surface area (Å²) in [6, 6.07) is 0.363. The molecular formula is C13H26N2O. The highest BCUT2D eigenvalue weighted by molar-refractivity contribution is 5.78. The molecule has 1 fully saturated rings. The van der Waals surface area contributed by atoms with E-state index in [-0.39, 0.29) is 5.92 Å². The molecule has 0 unspecified atom stereocenters. The molecule has 1 amide bonds. The Morgan fingerprint density at radius 1 is 1.25 bits per heavy atom. The molecule has 0 saturated carbocycles. The molecule has 0 bridgehead atoms. The summed E-state index contributed by atoms with van der Waals surface area (Å²) in [5, 5.41) is 0. The third-order valence-electron chi connectivity index (χ3n) is 3.11. The van der Waals surface area contributed by atoms with Gasteiger partial charge in [0.15, 0.2) is 0 Å². The molecule has 0 radical (unpaired) electrons. The lowest BCUT2D eigenvalue weighted by Gasteiger charge is -2.41. The molecule has 0 aromatic heterocycles. The van der Waals surface area contributed by atoms with Gasteiger partial charge < -0.3 is 4.90 Å². The zero-order valence-electron chi connectivity index (χ0n) is 11.4. The van der Waals surface area contributed by atoms with Crippen LogP contribution < -0.4 is 0 Å². The van der Waals surface area contributed by atoms with Crippen molar-refractivity contribution in [3.8, 4) is 0 Å². The summed E-state index contributed by atoms with van der Waals surface area (Å²) in [4.78, 5) is 16.5. The van der Waals surface area contributed by atoms with Crippen molar-refractivity contribution in [2.75, 3.05) is 26.2 Å². The van der Waals surface area contributed by atoms with E-state index in [1.165, 1.54) is 0 Å². The van der Waals surface area contributed by atoms with Crippen LogP contribution in [0.2, 0.25) is 0 Å². The molecule has 94 valence electrons. The van der Waals surface area contributed by atoms with Crippen molar-refractivity contribution in [1.29, 1.82) is 0 Å². The van der Waals surface area contributed by atoms with Gasteiger partial charge in [0.25, 0.3) is 0 Å². The largest absolute Gasteiger partial charge is 0.337 e. The van der Waals surface area contributed by atoms with Crippen LogP contribution in [0, 0.1) is 11.8 Å². The molecule has 1 aliphatic heterocycles. The van der Waals surface area contributed by atoms with Crippen LogP contribution in [0.15, 0.2) is 0 Å². The molecule has 1 aliphatic rings. The summed E-state index contributed by atoms with van der Waals surface area (Å²) in [6.45, 7) is 14.7. The van der Waals surface area contributed by atoms with Crippen LogP contribution in [0.1, 0.15) is 34.6 Å². The highest BCUT2D eigenvalue weighted by Crippen LogP contribution is 2.14. The van der Waals surface area contributed by atoms with Gasteiger partial charge >= 0.3 is 0 Å². The lowest BCUT2D eigenvalue weighted by molar-refractivity contribution is -0.139. The molecule has 16 heavy (non-hydrogen) atoms. The van der Waals surface area contributed by atoms with Gasteiger partial charge in [0.05, 0.1) is 0 Å². The normalized spacial score (nSPS) is 23.2. The van der Waals surface area contributed by atoms with Crippen LogP contribution in [0.5, 0.6) is 0 Å². The molecule has 0 N–H and O–H groups in total. The average Bonchev–Trinajstić information content (AvgIpc) is 2.15. The van der Waals surface area contributed by atoms with E-state index in [1.807, 2.05) is 18.7 Å². The Labute approximate surface area is 99.8 Å². The van der Waals surface area contributed by atoms with E-state index in [4.69, 9.17) is 0 Å². The minimum Gasteiger partial charge on any atom is -0.337 e. The van der Waals surface area contributed by atoms with E-state index in [9.17, 15) is 4.79 Å². The summed E-state index contributed by atoms with van der Waals surface area (Å²) in [6.07, 6.45) is 0. The number of carbonyl (C=O) groups is 1. The molecule has 1 heterocycles. The van der Waals surface area contributed by atoms with Crippen molar-refractivity contribution in [2.45, 2.75) is 40.7 Å². The van der Waals surface area contributed by atoms with E-state index in [2.05, 4.69) is 25.7 Å². The SMILES string of the molecule is CC(C)CN1CCN(C(=O)C(C)C)[C@@H](C)C1. The molecule has 1 rings (SSSR count). The highest BCUT2D eigenvalue weighted by atomic mass is 16.2. The summed E-state index contributed by atoms with van der Waals surface area (Å²) < 4.78 is 0. The van der Waals surface area contributed by atoms with Crippen LogP contribution in [0.25, 0.3) is 0 Å². The second-order valence-corrected chi connectivity index (χ2v) is 5.69. The van der Waals surface area contributed by atoms with Crippen LogP contribution in [-0.2, 0) is 4.79 Å². The number of piperazine rings is 1. The third kappa shape index (κ3) is 3.48. The zero-order valence-corrected chi connectivity index (χ0v) is 11.4. The van der Waals surface area contributed by atoms with Gasteiger partial charge in [0.2, 0.25) is 5.91 Å². The maximum absolute atomic E-state index is 11.9. The predicted octanol–water partition coefficient (Wildman–Crippen LogP) is 1.83. The molecule has 0 spiro atoms. The maximum Gasteiger partial charge on any atom is 0.225 e. The van der Waals surface area contributed by atoms with Crippen molar-refractivity contribution < 1.29 is 4.79 Å². The summed E-state index contributed by atoms with van der Waals surface area (Å²) in [5.74, 6) is 1.13. The lowest BCUT2D eigenvalue weighted by atomic mass is 10.1. The van der Waals surface area contributed by atoms with E-state index < -0.39 is 0 Å². The fourth-order valence-corrected chi connectivity index (χ4v) is 2.37. The Kier molecular flexibility index (Phi) is 4.78. The quantitative estimate of drug-likeness (QED) is 0.733. The van der Waals surface area contributed by atoms with Gasteiger partial charge in [-0.3, -0.25) is 9.69 Å². The Morgan fingerprint density at radius 2 is 1.88 bits per heavy atom. The van der Waals surface area contributed by atoms with Gasteiger partial charge in [-0.25, -0.2) is 0 Å². The summed E-state index contributed by atoms with van der Waals surface area (Å²) in [7, 11) is 0. The smallest absolute Gasteiger partial charge is 0.225 e. The Balaban J connectivity index is 2.49. The molecule has 1 saturated heterocycles. The van der Waals surface area contributed by atoms with Gasteiger partial charge in [-0.1, -0.05) is 27.7 Å². The predicted molar refractivity (Wildman–Crippen MR) is 67.3 cm³/mol. The standard InChI is InChI=1S/C13H26N2O/c1-10(2)8-14-6-7-15(12(5)9-14)13(16)11(3)4/h10-12H,6-9H2,1-5H3/t12-/m0/s1. The molecule has 1 atom stereocenters. The number of hydrogen-bond acceptors (Lipinski definition) is 2. The van der Waals surface area contributed by atoms with Crippen LogP contribution in [-0.4, -0.2) is 47.9 Å². The van der Waals surface area contributed by atoms with Crippen molar-refractivity contribution in [3.05, 3.63) is 0 Å². The van der Waals surface area contributed by atoms with Crippen molar-refractivity contribution >= 4 is 5.91 Å². The fraction of sp³-hybridized carbons (Fsp3) is 0.923. The summed E-state index contributed by atoms with van der Waals surface area (Å²) >= 11 is 0. The first kappa shape index (κ1) is 13.5. The van der Waals surface area contributed by atoms with E-state index in [0.29, 0.717) is 17.9 Å². The van der Waals surface area contributed by atoms with Gasteiger partial charge in [0.1, 0.15) is 0 Å². The topological polar surface area (TPSA) is 23.6 Å². The number of nitrogens with zero attached hydrogens (tertiary/aromatic N) is 2. The van der Waals surface area contributed by atoms with Gasteiger partial charge in [0, 0.05) is 38.1 Å². The fourth-order valence-electron chi connectivity index (χ4n) is 2.37. The van der Waals surface area contributed by atoms with Gasteiger partial charge in [-0.2, -0.15) is 0 Å². The Morgan fingerprint density at radius 3 is 2.31 bits per heavy atom. The second kappa shape index (κ2) is 5.67. The first-order valence-electron chi connectivity index (χ1n) is 6.44. The van der Waals surface area contributed by atoms with E-state index in [0.717, 1.165) is 26.2 Å². The van der Waals surface area contributed by atoms with Gasteiger partial charge in [-0.15, -0.1) is 0 Å². The van der Waals surface area contributed by atoms with Crippen LogP contribution in [0.4, 0.5) is 0 Å². The zero-order chi connectivity index (χ0) is 12.3. The van der Waals surface area contributed by atoms with Crippen molar-refractivity contribution in [3.63, 3.8) is 0 Å². The molecular weight excluding hydrogens is 200 g/mol. The molecule has 0 aliphatic carbocycles. The Bertz CT molecular complexity index is 238. The number of amides is 1. The average molecular weight is 226 g/mol. The second-order valence-electron chi connectivity index (χ2n) is 5.69. The van der Waals surface area contributed by atoms with E-state index in [1.54, 1.807) is 0 Å². The van der Waals surface area contributed by atoms with Crippen LogP contribution in [0.3, 0.4) is 0 Å². The van der Waals surface area contributed by atoms with E-state index >= 15 is 0 Å². The van der Waals surface area contributed by atoms with Crippen molar-refractivity contribution in [2.24, 2.45) is 11.8 Å². The molecule has 3 heteroatoms. The minimum atomic E-state index is 0.124. The number of rotatable bonds is 3. The number of carbonyl (C=O) groups excluding carboxylic acids is 1. The number of hydrogen-bond donors (Lipinski definition) is 0. The lowest BCUT2D eigenvalue weighted by Crippen LogP contribution is -2.55. The first-order valence-corrected chi connectivity index (χ1v) is 6.44. The molecule has 0 aromatic rings. The maximum atomic E-state index is 11.9. The van der Waals surface area contributed by atoms with Crippen LogP contribution >= 0.6 is 0 Å². The summed E-state index contributed by atoms with van der Waals surface area (Å²) in [5.41, 5.74) is 0. The third-order valence-corrected chi connectivity index (χ3v) is 3.11. The Hall–Kier alpha value is -0.570. The first-order chi connectivity index (χ1) is 7.41. The molecule has 0 aromatic carbocycles. The highest BCUT2D eigenvalue weighted by Gasteiger charge is 2.28. The van der Waals surface area contributed by atoms with Crippen molar-refractivity contribution in [1.82, 2.24) is 9.80 Å². The van der Waals surface area contributed by atoms with Gasteiger partial charge in [-0.05, 0) is 12.8 Å². The minimum absolute atomic E-state index is 0.124. The monoisotopic (exact) mass is 226 g/mol. The molecule has 3 nitrogen and oxygen atoms in total.